The second-order valence-electron chi connectivity index (χ2n) is 7.55. The normalized spacial score (nSPS) is 16.8. The maximum Gasteiger partial charge on any atom is 0.191 e. The lowest BCUT2D eigenvalue weighted by Gasteiger charge is -2.20. The summed E-state index contributed by atoms with van der Waals surface area (Å²) in [5.74, 6) is 1.72. The maximum absolute atomic E-state index is 6.28. The molecule has 2 aromatic rings. The van der Waals surface area contributed by atoms with Crippen LogP contribution < -0.4 is 20.4 Å². The minimum Gasteiger partial charge on any atom is -0.378 e. The van der Waals surface area contributed by atoms with Crippen molar-refractivity contribution in [1.82, 2.24) is 15.6 Å². The van der Waals surface area contributed by atoms with E-state index in [0.717, 1.165) is 50.7 Å². The van der Waals surface area contributed by atoms with Gasteiger partial charge >= 0.3 is 0 Å². The van der Waals surface area contributed by atoms with Crippen LogP contribution in [0.4, 0.5) is 11.5 Å². The van der Waals surface area contributed by atoms with Crippen molar-refractivity contribution < 1.29 is 0 Å². The number of benzene rings is 1. The Morgan fingerprint density at radius 3 is 2.76 bits per heavy atom. The van der Waals surface area contributed by atoms with E-state index in [1.807, 2.05) is 19.2 Å². The molecule has 156 valence electrons. The number of nitrogens with zero attached hydrogens (tertiary/aromatic N) is 4. The quantitative estimate of drug-likeness (QED) is 0.414. The van der Waals surface area contributed by atoms with Gasteiger partial charge in [-0.2, -0.15) is 0 Å². The SMILES string of the molecule is CN=C(NCCCc1ccc(N(C)C)cc1)NC1CCN(c2ncccc2Cl)C1. The minimum absolute atomic E-state index is 0.331. The first kappa shape index (κ1) is 21.2. The zero-order valence-electron chi connectivity index (χ0n) is 17.5. The van der Waals surface area contributed by atoms with Gasteiger partial charge in [0.05, 0.1) is 5.02 Å². The first-order valence-corrected chi connectivity index (χ1v) is 10.5. The molecule has 1 fully saturated rings. The Labute approximate surface area is 179 Å². The molecular formula is C22H31ClN6. The van der Waals surface area contributed by atoms with Crippen molar-refractivity contribution in [2.45, 2.75) is 25.3 Å². The summed E-state index contributed by atoms with van der Waals surface area (Å²) in [4.78, 5) is 13.1. The first-order valence-electron chi connectivity index (χ1n) is 10.2. The molecule has 1 saturated heterocycles. The van der Waals surface area contributed by atoms with Gasteiger partial charge in [-0.05, 0) is 49.1 Å². The van der Waals surface area contributed by atoms with Crippen LogP contribution in [0.15, 0.2) is 47.6 Å². The van der Waals surface area contributed by atoms with Gasteiger partial charge in [0.25, 0.3) is 0 Å². The Balaban J connectivity index is 1.40. The fourth-order valence-electron chi connectivity index (χ4n) is 3.53. The molecule has 0 amide bonds. The van der Waals surface area contributed by atoms with Crippen LogP contribution in [0.5, 0.6) is 0 Å². The highest BCUT2D eigenvalue weighted by Gasteiger charge is 2.25. The third kappa shape index (κ3) is 6.00. The van der Waals surface area contributed by atoms with Gasteiger partial charge in [-0.25, -0.2) is 4.98 Å². The number of pyridine rings is 1. The van der Waals surface area contributed by atoms with Gasteiger partial charge in [-0.15, -0.1) is 0 Å². The molecular weight excluding hydrogens is 384 g/mol. The summed E-state index contributed by atoms with van der Waals surface area (Å²) in [5, 5.41) is 7.66. The molecule has 29 heavy (non-hydrogen) atoms. The highest BCUT2D eigenvalue weighted by Crippen LogP contribution is 2.25. The van der Waals surface area contributed by atoms with E-state index >= 15 is 0 Å². The summed E-state index contributed by atoms with van der Waals surface area (Å²) in [6.07, 6.45) is 4.93. The third-order valence-electron chi connectivity index (χ3n) is 5.18. The number of anilines is 2. The number of hydrogen-bond acceptors (Lipinski definition) is 4. The number of hydrogen-bond donors (Lipinski definition) is 2. The number of aromatic nitrogens is 1. The summed E-state index contributed by atoms with van der Waals surface area (Å²) >= 11 is 6.28. The van der Waals surface area contributed by atoms with Crippen molar-refractivity contribution in [2.24, 2.45) is 4.99 Å². The lowest BCUT2D eigenvalue weighted by atomic mass is 10.1. The van der Waals surface area contributed by atoms with E-state index in [9.17, 15) is 0 Å². The Morgan fingerprint density at radius 1 is 1.28 bits per heavy atom. The van der Waals surface area contributed by atoms with Crippen molar-refractivity contribution in [2.75, 3.05) is 50.6 Å². The average molecular weight is 415 g/mol. The molecule has 0 saturated carbocycles. The van der Waals surface area contributed by atoms with Crippen molar-refractivity contribution in [3.8, 4) is 0 Å². The fraction of sp³-hybridized carbons (Fsp3) is 0.455. The standard InChI is InChI=1S/C22H31ClN6/c1-24-22(26-14-4-6-17-8-10-19(11-9-17)28(2)3)27-18-12-15-29(16-18)21-20(23)7-5-13-25-21/h5,7-11,13,18H,4,6,12,14-16H2,1-3H3,(H2,24,26,27). The van der Waals surface area contributed by atoms with Crippen LogP contribution in [0.1, 0.15) is 18.4 Å². The highest BCUT2D eigenvalue weighted by molar-refractivity contribution is 6.32. The number of aryl methyl sites for hydroxylation is 1. The Morgan fingerprint density at radius 2 is 2.07 bits per heavy atom. The van der Waals surface area contributed by atoms with Gasteiger partial charge < -0.3 is 20.4 Å². The fourth-order valence-corrected chi connectivity index (χ4v) is 3.77. The summed E-state index contributed by atoms with van der Waals surface area (Å²) in [7, 11) is 5.94. The van der Waals surface area contributed by atoms with Crippen molar-refractivity contribution in [3.63, 3.8) is 0 Å². The number of guanidine groups is 1. The van der Waals surface area contributed by atoms with E-state index in [1.54, 1.807) is 6.20 Å². The molecule has 6 nitrogen and oxygen atoms in total. The molecule has 1 atom stereocenters. The largest absolute Gasteiger partial charge is 0.378 e. The van der Waals surface area contributed by atoms with Crippen LogP contribution in [0.3, 0.4) is 0 Å². The molecule has 1 aliphatic heterocycles. The molecule has 1 aliphatic rings. The monoisotopic (exact) mass is 414 g/mol. The Hall–Kier alpha value is -2.47. The third-order valence-corrected chi connectivity index (χ3v) is 5.47. The first-order chi connectivity index (χ1) is 14.1. The van der Waals surface area contributed by atoms with Crippen LogP contribution in [0, 0.1) is 0 Å². The Bertz CT molecular complexity index is 805. The molecule has 2 N–H and O–H groups in total. The molecule has 2 heterocycles. The summed E-state index contributed by atoms with van der Waals surface area (Å²) < 4.78 is 0. The van der Waals surface area contributed by atoms with E-state index < -0.39 is 0 Å². The van der Waals surface area contributed by atoms with E-state index in [4.69, 9.17) is 11.6 Å². The van der Waals surface area contributed by atoms with E-state index in [-0.39, 0.29) is 0 Å². The summed E-state index contributed by atoms with van der Waals surface area (Å²) in [6.45, 7) is 2.70. The smallest absolute Gasteiger partial charge is 0.191 e. The predicted molar refractivity (Wildman–Crippen MR) is 123 cm³/mol. The van der Waals surface area contributed by atoms with Crippen LogP contribution in [0.2, 0.25) is 5.02 Å². The van der Waals surface area contributed by atoms with Gasteiger partial charge in [0.2, 0.25) is 0 Å². The van der Waals surface area contributed by atoms with Crippen molar-refractivity contribution in [3.05, 3.63) is 53.2 Å². The maximum atomic E-state index is 6.28. The van der Waals surface area contributed by atoms with Gasteiger partial charge in [-0.1, -0.05) is 23.7 Å². The zero-order valence-corrected chi connectivity index (χ0v) is 18.3. The average Bonchev–Trinajstić information content (AvgIpc) is 3.19. The topological polar surface area (TPSA) is 55.8 Å². The predicted octanol–water partition coefficient (Wildman–Crippen LogP) is 3.18. The summed E-state index contributed by atoms with van der Waals surface area (Å²) in [5.41, 5.74) is 2.59. The molecule has 1 aromatic carbocycles. The highest BCUT2D eigenvalue weighted by atomic mass is 35.5. The molecule has 1 unspecified atom stereocenters. The minimum atomic E-state index is 0.331. The molecule has 7 heteroatoms. The molecule has 0 bridgehead atoms. The van der Waals surface area contributed by atoms with Crippen molar-refractivity contribution in [1.29, 1.82) is 0 Å². The second-order valence-corrected chi connectivity index (χ2v) is 7.96. The summed E-state index contributed by atoms with van der Waals surface area (Å²) in [6, 6.07) is 12.8. The number of aliphatic imine (C=N–C) groups is 1. The zero-order chi connectivity index (χ0) is 20.6. The van der Waals surface area contributed by atoms with Crippen LogP contribution in [-0.2, 0) is 6.42 Å². The molecule has 0 spiro atoms. The van der Waals surface area contributed by atoms with Gasteiger partial charge in [0, 0.05) is 58.7 Å². The number of halogens is 1. The van der Waals surface area contributed by atoms with E-state index in [1.165, 1.54) is 11.3 Å². The molecule has 0 radical (unpaired) electrons. The number of nitrogens with one attached hydrogen (secondary N) is 2. The Kier molecular flexibility index (Phi) is 7.58. The van der Waals surface area contributed by atoms with Gasteiger partial charge in [-0.3, -0.25) is 4.99 Å². The van der Waals surface area contributed by atoms with Crippen molar-refractivity contribution >= 4 is 29.1 Å². The molecule has 0 aliphatic carbocycles. The molecule has 3 rings (SSSR count). The van der Waals surface area contributed by atoms with E-state index in [2.05, 4.69) is 68.8 Å². The number of rotatable bonds is 7. The lowest BCUT2D eigenvalue weighted by molar-refractivity contribution is 0.642. The molecule has 1 aromatic heterocycles. The van der Waals surface area contributed by atoms with Crippen LogP contribution in [-0.4, -0.2) is 57.8 Å². The van der Waals surface area contributed by atoms with E-state index in [0.29, 0.717) is 11.1 Å². The second kappa shape index (κ2) is 10.3. The van der Waals surface area contributed by atoms with Crippen LogP contribution in [0.25, 0.3) is 0 Å². The van der Waals surface area contributed by atoms with Crippen LogP contribution >= 0.6 is 11.6 Å². The van der Waals surface area contributed by atoms with Gasteiger partial charge in [0.1, 0.15) is 5.82 Å². The van der Waals surface area contributed by atoms with Gasteiger partial charge in [0.15, 0.2) is 5.96 Å². The lowest BCUT2D eigenvalue weighted by Crippen LogP contribution is -2.45.